The van der Waals surface area contributed by atoms with E-state index in [-0.39, 0.29) is 6.61 Å². The van der Waals surface area contributed by atoms with Crippen molar-refractivity contribution in [1.29, 1.82) is 0 Å². The number of hydrogen-bond donors (Lipinski definition) is 5. The molecule has 4 aromatic rings. The second kappa shape index (κ2) is 12.2. The van der Waals surface area contributed by atoms with Crippen molar-refractivity contribution < 1.29 is 33.9 Å². The zero-order chi connectivity index (χ0) is 30.1. The number of benzene rings is 1. The molecule has 2 fully saturated rings. The number of ether oxygens (including phenoxy) is 3. The van der Waals surface area contributed by atoms with Gasteiger partial charge in [-0.2, -0.15) is 4.98 Å². The van der Waals surface area contributed by atoms with E-state index in [1.54, 1.807) is 26.5 Å². The Morgan fingerprint density at radius 3 is 2.44 bits per heavy atom. The molecular formula is C31H37N5O7. The van der Waals surface area contributed by atoms with Gasteiger partial charge in [0, 0.05) is 36.6 Å². The number of aliphatic hydroxyl groups is 3. The number of aromatic nitrogens is 3. The van der Waals surface area contributed by atoms with Crippen LogP contribution in [-0.4, -0.2) is 76.0 Å². The number of hydrogen-bond acceptors (Lipinski definition) is 12. The summed E-state index contributed by atoms with van der Waals surface area (Å²) >= 11 is 0. The molecule has 12 nitrogen and oxygen atoms in total. The van der Waals surface area contributed by atoms with E-state index in [0.717, 1.165) is 10.9 Å². The van der Waals surface area contributed by atoms with Crippen molar-refractivity contribution in [3.63, 3.8) is 0 Å². The van der Waals surface area contributed by atoms with Crippen LogP contribution in [0.15, 0.2) is 40.9 Å². The molecule has 12 heteroatoms. The summed E-state index contributed by atoms with van der Waals surface area (Å²) in [6.07, 6.45) is 2.24. The average Bonchev–Trinajstić information content (AvgIpc) is 3.70. The monoisotopic (exact) mass is 591 g/mol. The second-order valence-corrected chi connectivity index (χ2v) is 11.3. The summed E-state index contributed by atoms with van der Waals surface area (Å²) in [4.78, 5) is 13.9. The van der Waals surface area contributed by atoms with Crippen LogP contribution in [0.3, 0.4) is 0 Å². The lowest BCUT2D eigenvalue weighted by Gasteiger charge is -2.21. The fourth-order valence-electron chi connectivity index (χ4n) is 5.44. The van der Waals surface area contributed by atoms with E-state index in [1.807, 2.05) is 31.2 Å². The Kier molecular flexibility index (Phi) is 8.24. The van der Waals surface area contributed by atoms with E-state index >= 15 is 0 Å². The maximum absolute atomic E-state index is 10.8. The van der Waals surface area contributed by atoms with Crippen molar-refractivity contribution in [2.45, 2.75) is 51.0 Å². The molecule has 0 radical (unpaired) electrons. The van der Waals surface area contributed by atoms with E-state index in [1.165, 1.54) is 12.8 Å². The zero-order valence-corrected chi connectivity index (χ0v) is 24.4. The van der Waals surface area contributed by atoms with E-state index in [2.05, 4.69) is 15.6 Å². The third kappa shape index (κ3) is 6.31. The highest BCUT2D eigenvalue weighted by Gasteiger charge is 2.41. The van der Waals surface area contributed by atoms with Gasteiger partial charge in [0.05, 0.1) is 50.4 Å². The number of pyridine rings is 1. The van der Waals surface area contributed by atoms with Crippen LogP contribution in [0.25, 0.3) is 22.3 Å². The van der Waals surface area contributed by atoms with Crippen LogP contribution in [0.4, 0.5) is 11.8 Å². The van der Waals surface area contributed by atoms with Gasteiger partial charge in [-0.3, -0.25) is 0 Å². The molecule has 0 spiro atoms. The predicted molar refractivity (Wildman–Crippen MR) is 159 cm³/mol. The van der Waals surface area contributed by atoms with Gasteiger partial charge in [-0.15, -0.1) is 0 Å². The molecule has 3 aromatic heterocycles. The Morgan fingerprint density at radius 1 is 1.00 bits per heavy atom. The summed E-state index contributed by atoms with van der Waals surface area (Å²) < 4.78 is 22.8. The van der Waals surface area contributed by atoms with Crippen LogP contribution in [0.1, 0.15) is 30.5 Å². The van der Waals surface area contributed by atoms with Gasteiger partial charge in [0.2, 0.25) is 11.8 Å². The topological polar surface area (TPSA) is 164 Å². The van der Waals surface area contributed by atoms with Gasteiger partial charge >= 0.3 is 0 Å². The number of methoxy groups -OCH3 is 2. The van der Waals surface area contributed by atoms with Gasteiger partial charge in [0.15, 0.2) is 5.58 Å². The third-order valence-corrected chi connectivity index (χ3v) is 8.10. The first-order chi connectivity index (χ1) is 20.8. The smallest absolute Gasteiger partial charge is 0.225 e. The number of furan rings is 1. The SMILES string of the molecule is COc1cc(CNc2nc(C)c(-c3cc4cc(OCC5CC5)ncc4o3)c(N[C@@H]3C[C@H](CO)[C@@H](O)[C@H]3O)n2)cc(OC)c1. The minimum absolute atomic E-state index is 0.232. The van der Waals surface area contributed by atoms with Crippen molar-refractivity contribution in [2.75, 3.05) is 38.1 Å². The van der Waals surface area contributed by atoms with E-state index in [0.29, 0.717) is 77.2 Å². The Morgan fingerprint density at radius 2 is 1.77 bits per heavy atom. The summed E-state index contributed by atoms with van der Waals surface area (Å²) in [6, 6.07) is 8.79. The highest BCUT2D eigenvalue weighted by molar-refractivity contribution is 5.86. The molecule has 2 saturated carbocycles. The Hall–Kier alpha value is -4.13. The molecule has 1 aromatic carbocycles. The molecule has 6 rings (SSSR count). The molecule has 0 aliphatic heterocycles. The fraction of sp³-hybridized carbons (Fsp3) is 0.452. The summed E-state index contributed by atoms with van der Waals surface area (Å²) in [6.45, 7) is 2.67. The maximum atomic E-state index is 10.8. The molecule has 228 valence electrons. The molecule has 43 heavy (non-hydrogen) atoms. The molecule has 0 unspecified atom stereocenters. The van der Waals surface area contributed by atoms with Crippen LogP contribution >= 0.6 is 0 Å². The predicted octanol–water partition coefficient (Wildman–Crippen LogP) is 3.53. The fourth-order valence-corrected chi connectivity index (χ4v) is 5.44. The number of nitrogens with zero attached hydrogens (tertiary/aromatic N) is 3. The average molecular weight is 592 g/mol. The summed E-state index contributed by atoms with van der Waals surface area (Å²) in [5.74, 6) is 3.33. The van der Waals surface area contributed by atoms with Crippen LogP contribution in [0, 0.1) is 18.8 Å². The van der Waals surface area contributed by atoms with Crippen molar-refractivity contribution in [2.24, 2.45) is 11.8 Å². The largest absolute Gasteiger partial charge is 0.497 e. The Labute approximate surface area is 249 Å². The van der Waals surface area contributed by atoms with Crippen LogP contribution in [0.2, 0.25) is 0 Å². The number of aliphatic hydroxyl groups excluding tert-OH is 3. The third-order valence-electron chi connectivity index (χ3n) is 8.10. The lowest BCUT2D eigenvalue weighted by Crippen LogP contribution is -2.35. The molecule has 5 N–H and O–H groups in total. The van der Waals surface area contributed by atoms with Gasteiger partial charge in [-0.1, -0.05) is 0 Å². The van der Waals surface area contributed by atoms with Crippen molar-refractivity contribution >= 4 is 22.7 Å². The minimum atomic E-state index is -1.09. The first-order valence-electron chi connectivity index (χ1n) is 14.5. The molecule has 2 aliphatic carbocycles. The number of aryl methyl sites for hydroxylation is 1. The highest BCUT2D eigenvalue weighted by atomic mass is 16.5. The second-order valence-electron chi connectivity index (χ2n) is 11.3. The van der Waals surface area contributed by atoms with Gasteiger partial charge < -0.3 is 44.6 Å². The standard InChI is InChI=1S/C31H37N5O7/c1-16-27(24-9-19-10-26(32-13-25(19)43-24)42-15-17-4-5-17)30(35-23-8-20(14-37)28(38)29(23)39)36-31(34-16)33-12-18-6-21(40-2)11-22(7-18)41-3/h6-7,9-11,13,17,20,23,28-29,37-39H,4-5,8,12,14-15H2,1-3H3,(H2,33,34,35,36)/t20-,23-,28-,29+/m1/s1. The lowest BCUT2D eigenvalue weighted by atomic mass is 10.1. The molecule has 0 saturated heterocycles. The molecule has 0 amide bonds. The normalized spacial score (nSPS) is 21.6. The first-order valence-corrected chi connectivity index (χ1v) is 14.5. The van der Waals surface area contributed by atoms with Crippen molar-refractivity contribution in [1.82, 2.24) is 15.0 Å². The minimum Gasteiger partial charge on any atom is -0.497 e. The summed E-state index contributed by atoms with van der Waals surface area (Å²) in [5.41, 5.74) is 2.73. The van der Waals surface area contributed by atoms with Crippen LogP contribution in [-0.2, 0) is 6.54 Å². The number of fused-ring (bicyclic) bond motifs is 1. The van der Waals surface area contributed by atoms with Crippen LogP contribution < -0.4 is 24.8 Å². The summed E-state index contributed by atoms with van der Waals surface area (Å²) in [7, 11) is 3.20. The van der Waals surface area contributed by atoms with E-state index in [4.69, 9.17) is 28.6 Å². The molecule has 0 bridgehead atoms. The Balaban J connectivity index is 1.32. The number of rotatable bonds is 12. The van der Waals surface area contributed by atoms with Gasteiger partial charge in [-0.05, 0) is 55.9 Å². The first kappa shape index (κ1) is 29.0. The van der Waals surface area contributed by atoms with E-state index < -0.39 is 24.2 Å². The van der Waals surface area contributed by atoms with Gasteiger partial charge in [0.25, 0.3) is 0 Å². The summed E-state index contributed by atoms with van der Waals surface area (Å²) in [5, 5.41) is 38.3. The van der Waals surface area contributed by atoms with Crippen molar-refractivity contribution in [3.8, 4) is 28.7 Å². The van der Waals surface area contributed by atoms with Gasteiger partial charge in [0.1, 0.15) is 29.2 Å². The lowest BCUT2D eigenvalue weighted by molar-refractivity contribution is 0.00446. The quantitative estimate of drug-likeness (QED) is 0.163. The Bertz CT molecular complexity index is 1570. The highest BCUT2D eigenvalue weighted by Crippen LogP contribution is 2.38. The van der Waals surface area contributed by atoms with Crippen LogP contribution in [0.5, 0.6) is 17.4 Å². The zero-order valence-electron chi connectivity index (χ0n) is 24.4. The van der Waals surface area contributed by atoms with Crippen molar-refractivity contribution in [3.05, 3.63) is 47.8 Å². The maximum Gasteiger partial charge on any atom is 0.225 e. The van der Waals surface area contributed by atoms with E-state index in [9.17, 15) is 15.3 Å². The molecule has 3 heterocycles. The number of nitrogens with one attached hydrogen (secondary N) is 2. The molecule has 4 atom stereocenters. The number of anilines is 2. The molecular weight excluding hydrogens is 554 g/mol. The molecule has 2 aliphatic rings. The van der Waals surface area contributed by atoms with Gasteiger partial charge in [-0.25, -0.2) is 9.97 Å².